The van der Waals surface area contributed by atoms with Gasteiger partial charge in [0.2, 0.25) is 10.0 Å². The number of aliphatic hydroxyl groups excluding tert-OH is 1. The maximum atomic E-state index is 12.0. The van der Waals surface area contributed by atoms with E-state index < -0.39 is 10.0 Å². The second kappa shape index (κ2) is 7.24. The third kappa shape index (κ3) is 3.96. The van der Waals surface area contributed by atoms with Crippen molar-refractivity contribution in [2.75, 3.05) is 24.6 Å². The number of benzene rings is 1. The molecule has 0 aliphatic heterocycles. The summed E-state index contributed by atoms with van der Waals surface area (Å²) in [5.74, 6) is 0. The molecule has 0 aromatic heterocycles. The minimum Gasteiger partial charge on any atom is -0.395 e. The minimum absolute atomic E-state index is 0.106. The second-order valence-corrected chi connectivity index (χ2v) is 7.16. The van der Waals surface area contributed by atoms with Gasteiger partial charge in [-0.2, -0.15) is 0 Å². The molecule has 6 heteroatoms. The molecule has 1 aliphatic carbocycles. The van der Waals surface area contributed by atoms with E-state index in [1.54, 1.807) is 12.1 Å². The van der Waals surface area contributed by atoms with Crippen molar-refractivity contribution in [1.82, 2.24) is 4.72 Å². The highest BCUT2D eigenvalue weighted by Crippen LogP contribution is 2.29. The Hall–Kier alpha value is -1.11. The van der Waals surface area contributed by atoms with E-state index in [0.717, 1.165) is 24.9 Å². The zero-order valence-electron chi connectivity index (χ0n) is 12.5. The Labute approximate surface area is 127 Å². The van der Waals surface area contributed by atoms with Gasteiger partial charge in [-0.25, -0.2) is 13.1 Å². The Morgan fingerprint density at radius 3 is 2.43 bits per heavy atom. The van der Waals surface area contributed by atoms with E-state index in [1.165, 1.54) is 6.42 Å². The van der Waals surface area contributed by atoms with Crippen LogP contribution in [0.1, 0.15) is 32.6 Å². The fraction of sp³-hybridized carbons (Fsp3) is 0.600. The molecule has 0 atom stereocenters. The molecule has 2 N–H and O–H groups in total. The van der Waals surface area contributed by atoms with Crippen LogP contribution >= 0.6 is 0 Å². The molecular formula is C15H24N2O3S. The molecule has 118 valence electrons. The number of nitrogens with one attached hydrogen (secondary N) is 1. The third-order valence-electron chi connectivity index (χ3n) is 3.88. The molecule has 1 fully saturated rings. The van der Waals surface area contributed by atoms with Gasteiger partial charge in [-0.15, -0.1) is 0 Å². The Kier molecular flexibility index (Phi) is 5.61. The van der Waals surface area contributed by atoms with Gasteiger partial charge < -0.3 is 10.0 Å². The van der Waals surface area contributed by atoms with E-state index in [-0.39, 0.29) is 11.5 Å². The SMILES string of the molecule is CCCNS(=O)(=O)c1ccc(N(CCO)C2CCC2)cc1. The first-order valence-electron chi connectivity index (χ1n) is 7.55. The molecule has 0 bridgehead atoms. The van der Waals surface area contributed by atoms with Gasteiger partial charge >= 0.3 is 0 Å². The lowest BCUT2D eigenvalue weighted by molar-refractivity contribution is 0.283. The van der Waals surface area contributed by atoms with Crippen LogP contribution in [0, 0.1) is 0 Å². The van der Waals surface area contributed by atoms with Crippen LogP contribution in [0.5, 0.6) is 0 Å². The molecule has 0 amide bonds. The van der Waals surface area contributed by atoms with Crippen molar-refractivity contribution in [3.05, 3.63) is 24.3 Å². The van der Waals surface area contributed by atoms with Crippen molar-refractivity contribution >= 4 is 15.7 Å². The number of rotatable bonds is 8. The van der Waals surface area contributed by atoms with Gasteiger partial charge in [0.25, 0.3) is 0 Å². The first-order valence-corrected chi connectivity index (χ1v) is 9.04. The molecular weight excluding hydrogens is 288 g/mol. The fourth-order valence-electron chi connectivity index (χ4n) is 2.47. The van der Waals surface area contributed by atoms with Crippen molar-refractivity contribution in [1.29, 1.82) is 0 Å². The standard InChI is InChI=1S/C15H24N2O3S/c1-2-10-16-21(19,20)15-8-6-14(7-9-15)17(11-12-18)13-4-3-5-13/h6-9,13,16,18H,2-5,10-12H2,1H3. The van der Waals surface area contributed by atoms with E-state index in [0.29, 0.717) is 19.1 Å². The average molecular weight is 312 g/mol. The summed E-state index contributed by atoms with van der Waals surface area (Å²) in [5.41, 5.74) is 0.975. The monoisotopic (exact) mass is 312 g/mol. The maximum absolute atomic E-state index is 12.0. The summed E-state index contributed by atoms with van der Waals surface area (Å²) in [6.45, 7) is 3.07. The molecule has 0 heterocycles. The van der Waals surface area contributed by atoms with Gasteiger partial charge in [-0.05, 0) is 49.9 Å². The van der Waals surface area contributed by atoms with Crippen LogP contribution in [0.15, 0.2) is 29.2 Å². The number of nitrogens with zero attached hydrogens (tertiary/aromatic N) is 1. The molecule has 5 nitrogen and oxygen atoms in total. The van der Waals surface area contributed by atoms with Gasteiger partial charge in [-0.1, -0.05) is 6.92 Å². The molecule has 0 radical (unpaired) electrons. The lowest BCUT2D eigenvalue weighted by Crippen LogP contribution is -2.41. The minimum atomic E-state index is -3.41. The second-order valence-electron chi connectivity index (χ2n) is 5.39. The van der Waals surface area contributed by atoms with E-state index in [4.69, 9.17) is 0 Å². The van der Waals surface area contributed by atoms with Gasteiger partial charge in [-0.3, -0.25) is 0 Å². The van der Waals surface area contributed by atoms with Crippen LogP contribution in [0.4, 0.5) is 5.69 Å². The topological polar surface area (TPSA) is 69.6 Å². The van der Waals surface area contributed by atoms with E-state index in [2.05, 4.69) is 9.62 Å². The summed E-state index contributed by atoms with van der Waals surface area (Å²) in [6, 6.07) is 7.40. The molecule has 2 rings (SSSR count). The summed E-state index contributed by atoms with van der Waals surface area (Å²) >= 11 is 0. The summed E-state index contributed by atoms with van der Waals surface area (Å²) in [5, 5.41) is 9.20. The highest BCUT2D eigenvalue weighted by atomic mass is 32.2. The maximum Gasteiger partial charge on any atom is 0.240 e. The van der Waals surface area contributed by atoms with E-state index in [9.17, 15) is 13.5 Å². The molecule has 0 saturated heterocycles. The predicted molar refractivity (Wildman–Crippen MR) is 84.0 cm³/mol. The Bertz CT molecular complexity index is 539. The Morgan fingerprint density at radius 1 is 1.29 bits per heavy atom. The molecule has 1 aromatic rings. The zero-order chi connectivity index (χ0) is 15.3. The average Bonchev–Trinajstić information content (AvgIpc) is 2.43. The molecule has 1 saturated carbocycles. The molecule has 0 unspecified atom stereocenters. The first-order chi connectivity index (χ1) is 10.1. The van der Waals surface area contributed by atoms with Gasteiger partial charge in [0, 0.05) is 24.8 Å². The van der Waals surface area contributed by atoms with Gasteiger partial charge in [0.05, 0.1) is 11.5 Å². The molecule has 1 aliphatic rings. The van der Waals surface area contributed by atoms with Crippen LogP contribution in [0.25, 0.3) is 0 Å². The lowest BCUT2D eigenvalue weighted by Gasteiger charge is -2.39. The quantitative estimate of drug-likeness (QED) is 0.767. The van der Waals surface area contributed by atoms with Crippen LogP contribution in [-0.2, 0) is 10.0 Å². The van der Waals surface area contributed by atoms with Gasteiger partial charge in [0.15, 0.2) is 0 Å². The van der Waals surface area contributed by atoms with Crippen molar-refractivity contribution < 1.29 is 13.5 Å². The number of sulfonamides is 1. The lowest BCUT2D eigenvalue weighted by atomic mass is 9.91. The fourth-order valence-corrected chi connectivity index (χ4v) is 3.60. The van der Waals surface area contributed by atoms with Crippen molar-refractivity contribution in [2.24, 2.45) is 0 Å². The number of anilines is 1. The van der Waals surface area contributed by atoms with Crippen LogP contribution in [-0.4, -0.2) is 39.3 Å². The molecule has 0 spiro atoms. The predicted octanol–water partition coefficient (Wildman–Crippen LogP) is 1.73. The van der Waals surface area contributed by atoms with Crippen molar-refractivity contribution in [3.63, 3.8) is 0 Å². The third-order valence-corrected chi connectivity index (χ3v) is 5.35. The highest BCUT2D eigenvalue weighted by Gasteiger charge is 2.25. The van der Waals surface area contributed by atoms with Crippen LogP contribution in [0.3, 0.4) is 0 Å². The normalized spacial score (nSPS) is 15.7. The first kappa shape index (κ1) is 16.3. The van der Waals surface area contributed by atoms with E-state index >= 15 is 0 Å². The molecule has 21 heavy (non-hydrogen) atoms. The molecule has 1 aromatic carbocycles. The van der Waals surface area contributed by atoms with Crippen LogP contribution < -0.4 is 9.62 Å². The smallest absolute Gasteiger partial charge is 0.240 e. The van der Waals surface area contributed by atoms with Crippen LogP contribution in [0.2, 0.25) is 0 Å². The Balaban J connectivity index is 2.13. The zero-order valence-corrected chi connectivity index (χ0v) is 13.3. The summed E-state index contributed by atoms with van der Waals surface area (Å²) < 4.78 is 26.6. The Morgan fingerprint density at radius 2 is 1.95 bits per heavy atom. The summed E-state index contributed by atoms with van der Waals surface area (Å²) in [7, 11) is -3.41. The van der Waals surface area contributed by atoms with Crippen molar-refractivity contribution in [2.45, 2.75) is 43.5 Å². The van der Waals surface area contributed by atoms with Crippen molar-refractivity contribution in [3.8, 4) is 0 Å². The number of aliphatic hydroxyl groups is 1. The van der Waals surface area contributed by atoms with E-state index in [1.807, 2.05) is 19.1 Å². The number of hydrogen-bond donors (Lipinski definition) is 2. The van der Waals surface area contributed by atoms with Gasteiger partial charge in [0.1, 0.15) is 0 Å². The largest absolute Gasteiger partial charge is 0.395 e. The summed E-state index contributed by atoms with van der Waals surface area (Å²) in [6.07, 6.45) is 4.26. The summed E-state index contributed by atoms with van der Waals surface area (Å²) in [4.78, 5) is 2.46. The number of hydrogen-bond acceptors (Lipinski definition) is 4. The highest BCUT2D eigenvalue weighted by molar-refractivity contribution is 7.89.